The lowest BCUT2D eigenvalue weighted by Crippen LogP contribution is -2.22. The summed E-state index contributed by atoms with van der Waals surface area (Å²) in [6.45, 7) is 8.23. The summed E-state index contributed by atoms with van der Waals surface area (Å²) < 4.78 is 9.41. The third-order valence-corrected chi connectivity index (χ3v) is 6.72. The third-order valence-electron chi connectivity index (χ3n) is 3.13. The largest absolute Gasteiger partial charge is 0.384 e. The van der Waals surface area contributed by atoms with E-state index in [1.807, 2.05) is 10.6 Å². The van der Waals surface area contributed by atoms with Crippen LogP contribution in [-0.2, 0) is 11.5 Å². The zero-order valence-electron chi connectivity index (χ0n) is 12.9. The molecular formula is C14H20Br2N4OSi. The van der Waals surface area contributed by atoms with Crippen LogP contribution in [0.5, 0.6) is 0 Å². The average molecular weight is 448 g/mol. The van der Waals surface area contributed by atoms with Crippen LogP contribution in [0, 0.1) is 0 Å². The number of ether oxygens (including phenoxy) is 1. The Morgan fingerprint density at radius 2 is 2.00 bits per heavy atom. The van der Waals surface area contributed by atoms with Crippen molar-refractivity contribution >= 4 is 45.8 Å². The first-order chi connectivity index (χ1) is 10.3. The topological polar surface area (TPSA) is 66.0 Å². The van der Waals surface area contributed by atoms with E-state index >= 15 is 0 Å². The van der Waals surface area contributed by atoms with Crippen molar-refractivity contribution in [3.8, 4) is 11.4 Å². The van der Waals surface area contributed by atoms with Crippen LogP contribution in [0.4, 0.5) is 5.82 Å². The highest BCUT2D eigenvalue weighted by molar-refractivity contribution is 9.13. The molecule has 2 aromatic heterocycles. The van der Waals surface area contributed by atoms with E-state index in [-0.39, 0.29) is 0 Å². The second-order valence-electron chi connectivity index (χ2n) is 6.26. The molecule has 8 heteroatoms. The molecule has 0 atom stereocenters. The number of nitrogen functional groups attached to an aromatic ring is 1. The Labute approximate surface area is 148 Å². The number of halogens is 2. The molecule has 0 radical (unpaired) electrons. The SMILES string of the molecule is C[Si](C)(C)CCOCn1c(-c2ccc(N)nc2)nc(Br)c1Br. The van der Waals surface area contributed by atoms with Gasteiger partial charge in [0.2, 0.25) is 0 Å². The molecule has 2 N–H and O–H groups in total. The molecule has 0 spiro atoms. The van der Waals surface area contributed by atoms with Gasteiger partial charge < -0.3 is 10.5 Å². The fourth-order valence-electron chi connectivity index (χ4n) is 1.81. The molecule has 0 bridgehead atoms. The van der Waals surface area contributed by atoms with Crippen molar-refractivity contribution in [1.82, 2.24) is 14.5 Å². The Morgan fingerprint density at radius 1 is 1.27 bits per heavy atom. The van der Waals surface area contributed by atoms with Gasteiger partial charge in [-0.25, -0.2) is 9.97 Å². The first-order valence-corrected chi connectivity index (χ1v) is 12.3. The zero-order chi connectivity index (χ0) is 16.3. The second-order valence-corrected chi connectivity index (χ2v) is 13.4. The van der Waals surface area contributed by atoms with Crippen LogP contribution in [-0.4, -0.2) is 29.2 Å². The van der Waals surface area contributed by atoms with E-state index in [2.05, 4.69) is 61.5 Å². The number of anilines is 1. The Kier molecular flexibility index (Phi) is 5.81. The zero-order valence-corrected chi connectivity index (χ0v) is 17.1. The van der Waals surface area contributed by atoms with Gasteiger partial charge in [0.05, 0.1) is 0 Å². The van der Waals surface area contributed by atoms with Gasteiger partial charge in [-0.2, -0.15) is 0 Å². The van der Waals surface area contributed by atoms with Gasteiger partial charge in [0.1, 0.15) is 27.6 Å². The minimum atomic E-state index is -1.08. The van der Waals surface area contributed by atoms with Crippen molar-refractivity contribution in [2.45, 2.75) is 32.4 Å². The highest BCUT2D eigenvalue weighted by Gasteiger charge is 2.16. The minimum absolute atomic E-state index is 0.448. The van der Waals surface area contributed by atoms with Crippen molar-refractivity contribution in [2.75, 3.05) is 12.3 Å². The molecule has 0 saturated carbocycles. The fourth-order valence-corrected chi connectivity index (χ4v) is 3.31. The lowest BCUT2D eigenvalue weighted by molar-refractivity contribution is 0.0868. The molecule has 0 amide bonds. The molecule has 2 heterocycles. The third kappa shape index (κ3) is 4.64. The predicted molar refractivity (Wildman–Crippen MR) is 99.4 cm³/mol. The summed E-state index contributed by atoms with van der Waals surface area (Å²) in [4.78, 5) is 8.64. The molecule has 2 rings (SSSR count). The van der Waals surface area contributed by atoms with Gasteiger partial charge in [0, 0.05) is 26.4 Å². The summed E-state index contributed by atoms with van der Waals surface area (Å²) in [5.41, 5.74) is 6.54. The van der Waals surface area contributed by atoms with Crippen molar-refractivity contribution in [3.63, 3.8) is 0 Å². The average Bonchev–Trinajstić information content (AvgIpc) is 2.71. The van der Waals surface area contributed by atoms with Gasteiger partial charge in [-0.05, 0) is 50.0 Å². The number of nitrogens with two attached hydrogens (primary N) is 1. The minimum Gasteiger partial charge on any atom is -0.384 e. The summed E-state index contributed by atoms with van der Waals surface area (Å²) in [5.74, 6) is 1.28. The van der Waals surface area contributed by atoms with E-state index < -0.39 is 8.07 Å². The van der Waals surface area contributed by atoms with Gasteiger partial charge in [-0.1, -0.05) is 19.6 Å². The quantitative estimate of drug-likeness (QED) is 0.527. The first-order valence-electron chi connectivity index (χ1n) is 6.99. The van der Waals surface area contributed by atoms with Gasteiger partial charge in [0.25, 0.3) is 0 Å². The number of nitrogens with zero attached hydrogens (tertiary/aromatic N) is 3. The Morgan fingerprint density at radius 3 is 2.59 bits per heavy atom. The summed E-state index contributed by atoms with van der Waals surface area (Å²) in [6, 6.07) is 4.81. The molecule has 22 heavy (non-hydrogen) atoms. The van der Waals surface area contributed by atoms with Crippen LogP contribution in [0.15, 0.2) is 27.5 Å². The monoisotopic (exact) mass is 446 g/mol. The van der Waals surface area contributed by atoms with Crippen LogP contribution < -0.4 is 5.73 Å². The number of aromatic nitrogens is 3. The maximum Gasteiger partial charge on any atom is 0.145 e. The molecule has 5 nitrogen and oxygen atoms in total. The summed E-state index contributed by atoms with van der Waals surface area (Å²) in [7, 11) is -1.08. The van der Waals surface area contributed by atoms with Gasteiger partial charge in [-0.15, -0.1) is 0 Å². The number of rotatable bonds is 6. The maximum atomic E-state index is 5.84. The predicted octanol–water partition coefficient (Wildman–Crippen LogP) is 4.36. The van der Waals surface area contributed by atoms with Crippen LogP contribution >= 0.6 is 31.9 Å². The smallest absolute Gasteiger partial charge is 0.145 e. The van der Waals surface area contributed by atoms with E-state index in [1.165, 1.54) is 0 Å². The van der Waals surface area contributed by atoms with E-state index in [0.717, 1.165) is 33.2 Å². The normalized spacial score (nSPS) is 11.9. The first kappa shape index (κ1) is 17.6. The maximum absolute atomic E-state index is 5.84. The Bertz CT molecular complexity index is 638. The van der Waals surface area contributed by atoms with Crippen LogP contribution in [0.2, 0.25) is 25.7 Å². The van der Waals surface area contributed by atoms with Crippen molar-refractivity contribution < 1.29 is 4.74 Å². The second kappa shape index (κ2) is 7.25. The number of hydrogen-bond acceptors (Lipinski definition) is 4. The molecule has 0 unspecified atom stereocenters. The molecular weight excluding hydrogens is 428 g/mol. The van der Waals surface area contributed by atoms with E-state index in [1.54, 1.807) is 12.3 Å². The highest BCUT2D eigenvalue weighted by Crippen LogP contribution is 2.29. The van der Waals surface area contributed by atoms with Crippen LogP contribution in [0.25, 0.3) is 11.4 Å². The van der Waals surface area contributed by atoms with Gasteiger partial charge >= 0.3 is 0 Å². The van der Waals surface area contributed by atoms with Crippen molar-refractivity contribution in [2.24, 2.45) is 0 Å². The van der Waals surface area contributed by atoms with Crippen molar-refractivity contribution in [3.05, 3.63) is 27.5 Å². The number of pyridine rings is 1. The molecule has 2 aromatic rings. The lowest BCUT2D eigenvalue weighted by Gasteiger charge is -2.16. The number of hydrogen-bond donors (Lipinski definition) is 1. The highest BCUT2D eigenvalue weighted by atomic mass is 79.9. The Hall–Kier alpha value is -0.703. The van der Waals surface area contributed by atoms with Crippen molar-refractivity contribution in [1.29, 1.82) is 0 Å². The fraction of sp³-hybridized carbons (Fsp3) is 0.429. The standard InChI is InChI=1S/C14H20Br2N4OSi/c1-22(2,3)7-6-21-9-20-13(16)12(15)19-14(20)10-4-5-11(17)18-8-10/h4-5,8H,6-7,9H2,1-3H3,(H2,17,18). The molecule has 120 valence electrons. The number of imidazole rings is 1. The van der Waals surface area contributed by atoms with Crippen LogP contribution in [0.3, 0.4) is 0 Å². The van der Waals surface area contributed by atoms with Crippen LogP contribution in [0.1, 0.15) is 0 Å². The molecule has 0 aromatic carbocycles. The van der Waals surface area contributed by atoms with E-state index in [0.29, 0.717) is 12.5 Å². The summed E-state index contributed by atoms with van der Waals surface area (Å²) >= 11 is 6.99. The lowest BCUT2D eigenvalue weighted by atomic mass is 10.2. The summed E-state index contributed by atoms with van der Waals surface area (Å²) in [5, 5.41) is 0. The molecule has 0 saturated heterocycles. The Balaban J connectivity index is 2.15. The molecule has 0 aliphatic carbocycles. The van der Waals surface area contributed by atoms with Gasteiger partial charge in [-0.3, -0.25) is 4.57 Å². The summed E-state index contributed by atoms with van der Waals surface area (Å²) in [6.07, 6.45) is 1.72. The molecule has 0 aliphatic rings. The molecule has 0 fully saturated rings. The molecule has 0 aliphatic heterocycles. The van der Waals surface area contributed by atoms with E-state index in [9.17, 15) is 0 Å². The van der Waals surface area contributed by atoms with E-state index in [4.69, 9.17) is 10.5 Å². The van der Waals surface area contributed by atoms with Gasteiger partial charge in [0.15, 0.2) is 0 Å².